The van der Waals surface area contributed by atoms with Crippen molar-refractivity contribution in [3.63, 3.8) is 0 Å². The van der Waals surface area contributed by atoms with Crippen molar-refractivity contribution in [3.8, 4) is 5.75 Å². The molecule has 41 heavy (non-hydrogen) atoms. The van der Waals surface area contributed by atoms with Gasteiger partial charge in [0.2, 0.25) is 11.8 Å². The quantitative estimate of drug-likeness (QED) is 0.382. The van der Waals surface area contributed by atoms with E-state index in [2.05, 4.69) is 5.32 Å². The summed E-state index contributed by atoms with van der Waals surface area (Å²) in [5, 5.41) is 2.64. The van der Waals surface area contributed by atoms with E-state index in [0.29, 0.717) is 5.69 Å². The molecule has 2 aliphatic heterocycles. The summed E-state index contributed by atoms with van der Waals surface area (Å²) in [7, 11) is 0. The molecule has 2 fully saturated rings. The summed E-state index contributed by atoms with van der Waals surface area (Å²) in [5.74, 6) is -4.71. The lowest BCUT2D eigenvalue weighted by Crippen LogP contribution is -2.53. The SMILES string of the molecule is Cc1cccc(C)c1N1C[C@@](CN2CCC(F)(F)CC2)(C(=O)Nc2cc(OC(C)C)cc(C(F)(F)F)c2)C(C)C1=O. The second kappa shape index (κ2) is 11.2. The average molecular weight is 582 g/mol. The van der Waals surface area contributed by atoms with E-state index in [0.717, 1.165) is 23.3 Å². The number of benzene rings is 2. The zero-order valence-electron chi connectivity index (χ0n) is 23.9. The topological polar surface area (TPSA) is 61.9 Å². The molecule has 6 nitrogen and oxygen atoms in total. The third-order valence-electron chi connectivity index (χ3n) is 8.02. The molecule has 2 aromatic carbocycles. The van der Waals surface area contributed by atoms with Crippen LogP contribution < -0.4 is 15.0 Å². The Labute approximate surface area is 236 Å². The number of halogens is 5. The molecule has 0 saturated carbocycles. The van der Waals surface area contributed by atoms with Gasteiger partial charge in [-0.1, -0.05) is 25.1 Å². The van der Waals surface area contributed by atoms with Gasteiger partial charge in [0.05, 0.1) is 23.0 Å². The Kier molecular flexibility index (Phi) is 8.42. The normalized spacial score (nSPS) is 23.2. The van der Waals surface area contributed by atoms with Crippen molar-refractivity contribution in [2.75, 3.05) is 36.4 Å². The van der Waals surface area contributed by atoms with Crippen molar-refractivity contribution in [3.05, 3.63) is 53.1 Å². The first-order valence-corrected chi connectivity index (χ1v) is 13.7. The Morgan fingerprint density at radius 1 is 1.10 bits per heavy atom. The molecule has 0 radical (unpaired) electrons. The first-order chi connectivity index (χ1) is 19.0. The van der Waals surface area contributed by atoms with Gasteiger partial charge >= 0.3 is 6.18 Å². The van der Waals surface area contributed by atoms with Crippen LogP contribution in [-0.2, 0) is 15.8 Å². The molecule has 2 heterocycles. The maximum Gasteiger partial charge on any atom is 0.416 e. The van der Waals surface area contributed by atoms with Crippen LogP contribution in [0.3, 0.4) is 0 Å². The Morgan fingerprint density at radius 2 is 1.71 bits per heavy atom. The van der Waals surface area contributed by atoms with Crippen LogP contribution >= 0.6 is 0 Å². The molecular formula is C30H36F5N3O3. The molecule has 1 N–H and O–H groups in total. The molecule has 1 unspecified atom stereocenters. The van der Waals surface area contributed by atoms with Gasteiger partial charge in [0.1, 0.15) is 5.75 Å². The zero-order valence-corrected chi connectivity index (χ0v) is 23.9. The molecule has 11 heteroatoms. The Bertz CT molecular complexity index is 1280. The Hall–Kier alpha value is -3.21. The number of carbonyl (C=O) groups excluding carboxylic acids is 2. The highest BCUT2D eigenvalue weighted by atomic mass is 19.4. The smallest absolute Gasteiger partial charge is 0.416 e. The van der Waals surface area contributed by atoms with Crippen LogP contribution in [0.2, 0.25) is 0 Å². The lowest BCUT2D eigenvalue weighted by atomic mass is 9.76. The number of ether oxygens (including phenoxy) is 1. The highest BCUT2D eigenvalue weighted by molar-refractivity contribution is 6.08. The van der Waals surface area contributed by atoms with E-state index in [9.17, 15) is 31.5 Å². The second-order valence-electron chi connectivity index (χ2n) is 11.5. The fourth-order valence-electron chi connectivity index (χ4n) is 5.78. The maximum atomic E-state index is 14.1. The van der Waals surface area contributed by atoms with E-state index in [-0.39, 0.29) is 56.4 Å². The van der Waals surface area contributed by atoms with Crippen molar-refractivity contribution < 1.29 is 36.3 Å². The van der Waals surface area contributed by atoms with Crippen LogP contribution in [0.4, 0.5) is 33.3 Å². The number of anilines is 2. The molecule has 0 aromatic heterocycles. The van der Waals surface area contributed by atoms with Gasteiger partial charge in [-0.25, -0.2) is 8.78 Å². The minimum absolute atomic E-state index is 0.00242. The van der Waals surface area contributed by atoms with Crippen LogP contribution in [0.1, 0.15) is 50.3 Å². The highest BCUT2D eigenvalue weighted by Gasteiger charge is 2.56. The zero-order chi connectivity index (χ0) is 30.3. The summed E-state index contributed by atoms with van der Waals surface area (Å²) in [6.07, 6.45) is -5.86. The first kappa shape index (κ1) is 30.7. The largest absolute Gasteiger partial charge is 0.491 e. The van der Waals surface area contributed by atoms with E-state index >= 15 is 0 Å². The molecule has 2 amide bonds. The fraction of sp³-hybridized carbons (Fsp3) is 0.533. The Balaban J connectivity index is 1.74. The molecule has 0 spiro atoms. The van der Waals surface area contributed by atoms with Crippen LogP contribution in [0, 0.1) is 25.2 Å². The van der Waals surface area contributed by atoms with Gasteiger partial charge in [0, 0.05) is 56.5 Å². The van der Waals surface area contributed by atoms with E-state index < -0.39 is 41.0 Å². The van der Waals surface area contributed by atoms with Crippen molar-refractivity contribution in [1.82, 2.24) is 4.90 Å². The number of alkyl halides is 5. The van der Waals surface area contributed by atoms with E-state index in [1.165, 1.54) is 6.07 Å². The molecule has 2 saturated heterocycles. The monoisotopic (exact) mass is 581 g/mol. The maximum absolute atomic E-state index is 14.1. The van der Waals surface area contributed by atoms with Crippen molar-refractivity contribution in [1.29, 1.82) is 0 Å². The number of likely N-dealkylation sites (tertiary alicyclic amines) is 1. The Morgan fingerprint density at radius 3 is 2.27 bits per heavy atom. The summed E-state index contributed by atoms with van der Waals surface area (Å²) >= 11 is 0. The van der Waals surface area contributed by atoms with Gasteiger partial charge in [-0.05, 0) is 51.0 Å². The number of piperidine rings is 1. The predicted molar refractivity (Wildman–Crippen MR) is 146 cm³/mol. The number of nitrogens with one attached hydrogen (secondary N) is 1. The van der Waals surface area contributed by atoms with Gasteiger partial charge in [0.25, 0.3) is 5.92 Å². The van der Waals surface area contributed by atoms with E-state index in [4.69, 9.17) is 4.74 Å². The van der Waals surface area contributed by atoms with Crippen molar-refractivity contribution in [2.24, 2.45) is 11.3 Å². The molecule has 0 aliphatic carbocycles. The lowest BCUT2D eigenvalue weighted by Gasteiger charge is -2.39. The summed E-state index contributed by atoms with van der Waals surface area (Å²) in [6.45, 7) is 8.67. The molecule has 0 bridgehead atoms. The van der Waals surface area contributed by atoms with Gasteiger partial charge < -0.3 is 19.9 Å². The number of carbonyl (C=O) groups is 2. The summed E-state index contributed by atoms with van der Waals surface area (Å²) < 4.78 is 74.5. The molecule has 224 valence electrons. The number of hydrogen-bond donors (Lipinski definition) is 1. The molecule has 2 atom stereocenters. The van der Waals surface area contributed by atoms with Crippen molar-refractivity contribution in [2.45, 2.75) is 65.7 Å². The fourth-order valence-corrected chi connectivity index (χ4v) is 5.78. The van der Waals surface area contributed by atoms with E-state index in [1.807, 2.05) is 32.0 Å². The number of amides is 2. The molecule has 2 aliphatic rings. The van der Waals surface area contributed by atoms with E-state index in [1.54, 1.807) is 30.6 Å². The summed E-state index contributed by atoms with van der Waals surface area (Å²) in [4.78, 5) is 31.2. The minimum atomic E-state index is -4.69. The number of nitrogens with zero attached hydrogens (tertiary/aromatic N) is 2. The van der Waals surface area contributed by atoms with Gasteiger partial charge in [-0.3, -0.25) is 9.59 Å². The minimum Gasteiger partial charge on any atom is -0.491 e. The van der Waals surface area contributed by atoms with Crippen molar-refractivity contribution >= 4 is 23.2 Å². The standard InChI is InChI=1S/C30H36F5N3O3/c1-18(2)41-24-14-22(30(33,34)35)13-23(15-24)36-27(40)28(16-37-11-9-29(31,32)10-12-37)17-38(26(39)21(28)5)25-19(3)7-6-8-20(25)4/h6-8,13-15,18,21H,9-12,16-17H2,1-5H3,(H,36,40)/t21?,28-/m1/s1. The van der Waals surface area contributed by atoms with Crippen LogP contribution in [0.5, 0.6) is 5.75 Å². The number of aryl methyl sites for hydroxylation is 2. The summed E-state index contributed by atoms with van der Waals surface area (Å²) in [6, 6.07) is 8.57. The molecular weight excluding hydrogens is 545 g/mol. The van der Waals surface area contributed by atoms with Crippen LogP contribution in [0.25, 0.3) is 0 Å². The van der Waals surface area contributed by atoms with Crippen LogP contribution in [0.15, 0.2) is 36.4 Å². The first-order valence-electron chi connectivity index (χ1n) is 13.7. The van der Waals surface area contributed by atoms with Gasteiger partial charge in [-0.2, -0.15) is 13.2 Å². The predicted octanol–water partition coefficient (Wildman–Crippen LogP) is 6.45. The second-order valence-corrected chi connectivity index (χ2v) is 11.5. The molecule has 4 rings (SSSR count). The molecule has 2 aromatic rings. The number of rotatable bonds is 7. The number of para-hydroxylation sites is 1. The summed E-state index contributed by atoms with van der Waals surface area (Å²) in [5.41, 5.74) is -0.233. The lowest BCUT2D eigenvalue weighted by molar-refractivity contribution is -0.137. The van der Waals surface area contributed by atoms with Gasteiger partial charge in [-0.15, -0.1) is 0 Å². The third-order valence-corrected chi connectivity index (χ3v) is 8.02. The van der Waals surface area contributed by atoms with Gasteiger partial charge in [0.15, 0.2) is 0 Å². The number of hydrogen-bond acceptors (Lipinski definition) is 4. The average Bonchev–Trinajstić information content (AvgIpc) is 3.10. The highest BCUT2D eigenvalue weighted by Crippen LogP contribution is 2.44. The third kappa shape index (κ3) is 6.50. The van der Waals surface area contributed by atoms with Crippen LogP contribution in [-0.4, -0.2) is 54.9 Å².